The average Bonchev–Trinajstić information content (AvgIpc) is 2.83. The van der Waals surface area contributed by atoms with Gasteiger partial charge >= 0.3 is 6.09 Å². The first-order valence-corrected chi connectivity index (χ1v) is 7.91. The van der Waals surface area contributed by atoms with Crippen molar-refractivity contribution >= 4 is 17.0 Å². The topological polar surface area (TPSA) is 87.8 Å². The lowest BCUT2D eigenvalue weighted by Crippen LogP contribution is -2.36. The molecule has 0 unspecified atom stereocenters. The minimum Gasteiger partial charge on any atom is -0.444 e. The molecular formula is C17H25N3O4. The highest BCUT2D eigenvalue weighted by Crippen LogP contribution is 2.25. The van der Waals surface area contributed by atoms with Crippen LogP contribution in [0.1, 0.15) is 32.6 Å². The van der Waals surface area contributed by atoms with Crippen molar-refractivity contribution in [3.63, 3.8) is 0 Å². The number of aliphatic hydroxyl groups is 2. The molecule has 0 aliphatic carbocycles. The fourth-order valence-electron chi connectivity index (χ4n) is 2.48. The van der Waals surface area contributed by atoms with Crippen LogP contribution in [0.15, 0.2) is 24.3 Å². The van der Waals surface area contributed by atoms with Gasteiger partial charge in [0.15, 0.2) is 0 Å². The van der Waals surface area contributed by atoms with Crippen molar-refractivity contribution in [2.75, 3.05) is 20.2 Å². The standard InChI is InChI=1S/C17H25N3O4/c1-17(2,3)24-16(23)19(4)11-14(22)15-12-7-5-6-8-13(12)18-20(15)9-10-21/h5-8,14,21-22H,9-11H2,1-4H3/t14-/m1/s1. The van der Waals surface area contributed by atoms with E-state index in [0.717, 1.165) is 10.9 Å². The van der Waals surface area contributed by atoms with Gasteiger partial charge in [0.1, 0.15) is 11.7 Å². The highest BCUT2D eigenvalue weighted by atomic mass is 16.6. The zero-order valence-corrected chi connectivity index (χ0v) is 14.6. The minimum atomic E-state index is -0.943. The molecule has 0 saturated carbocycles. The normalized spacial score (nSPS) is 13.1. The summed E-state index contributed by atoms with van der Waals surface area (Å²) in [5.41, 5.74) is 0.719. The molecule has 0 spiro atoms. The molecule has 1 heterocycles. The maximum absolute atomic E-state index is 12.1. The molecule has 0 bridgehead atoms. The number of ether oxygens (including phenoxy) is 1. The van der Waals surface area contributed by atoms with Gasteiger partial charge in [0.25, 0.3) is 0 Å². The predicted octanol–water partition coefficient (Wildman–Crippen LogP) is 1.93. The van der Waals surface area contributed by atoms with E-state index in [1.165, 1.54) is 4.90 Å². The predicted molar refractivity (Wildman–Crippen MR) is 90.6 cm³/mol. The Kier molecular flexibility index (Phi) is 5.46. The largest absolute Gasteiger partial charge is 0.444 e. The Labute approximate surface area is 141 Å². The number of rotatable bonds is 5. The third-order valence-electron chi connectivity index (χ3n) is 3.47. The highest BCUT2D eigenvalue weighted by Gasteiger charge is 2.25. The second-order valence-electron chi connectivity index (χ2n) is 6.73. The summed E-state index contributed by atoms with van der Waals surface area (Å²) in [6.45, 7) is 5.62. The second kappa shape index (κ2) is 7.19. The zero-order valence-electron chi connectivity index (χ0n) is 14.6. The van der Waals surface area contributed by atoms with Crippen molar-refractivity contribution in [2.24, 2.45) is 0 Å². The Morgan fingerprint density at radius 2 is 2.04 bits per heavy atom. The molecule has 2 N–H and O–H groups in total. The number of aromatic nitrogens is 2. The van der Waals surface area contributed by atoms with E-state index < -0.39 is 17.8 Å². The van der Waals surface area contributed by atoms with Crippen molar-refractivity contribution in [3.05, 3.63) is 30.0 Å². The summed E-state index contributed by atoms with van der Waals surface area (Å²) in [5, 5.41) is 25.1. The molecule has 1 atom stereocenters. The summed E-state index contributed by atoms with van der Waals surface area (Å²) in [6, 6.07) is 7.43. The highest BCUT2D eigenvalue weighted by molar-refractivity contribution is 5.82. The zero-order chi connectivity index (χ0) is 17.9. The quantitative estimate of drug-likeness (QED) is 0.872. The summed E-state index contributed by atoms with van der Waals surface area (Å²) in [6.07, 6.45) is -1.44. The smallest absolute Gasteiger partial charge is 0.410 e. The molecule has 132 valence electrons. The molecule has 1 aromatic carbocycles. The van der Waals surface area contributed by atoms with Gasteiger partial charge in [-0.05, 0) is 26.8 Å². The van der Waals surface area contributed by atoms with Crippen LogP contribution >= 0.6 is 0 Å². The van der Waals surface area contributed by atoms with Gasteiger partial charge in [0.05, 0.1) is 30.9 Å². The van der Waals surface area contributed by atoms with E-state index in [4.69, 9.17) is 4.74 Å². The third-order valence-corrected chi connectivity index (χ3v) is 3.47. The van der Waals surface area contributed by atoms with E-state index in [-0.39, 0.29) is 19.7 Å². The van der Waals surface area contributed by atoms with Crippen molar-refractivity contribution in [1.29, 1.82) is 0 Å². The van der Waals surface area contributed by atoms with Crippen LogP contribution < -0.4 is 0 Å². The van der Waals surface area contributed by atoms with Crippen molar-refractivity contribution in [2.45, 2.75) is 39.0 Å². The van der Waals surface area contributed by atoms with Gasteiger partial charge in [0, 0.05) is 12.4 Å². The van der Waals surface area contributed by atoms with Crippen LogP contribution in [0.2, 0.25) is 0 Å². The monoisotopic (exact) mass is 335 g/mol. The summed E-state index contributed by atoms with van der Waals surface area (Å²) < 4.78 is 6.88. The Bertz CT molecular complexity index is 705. The lowest BCUT2D eigenvalue weighted by molar-refractivity contribution is 0.0197. The number of carbonyl (C=O) groups is 1. The summed E-state index contributed by atoms with van der Waals surface area (Å²) >= 11 is 0. The number of nitrogens with zero attached hydrogens (tertiary/aromatic N) is 3. The van der Waals surface area contributed by atoms with E-state index in [1.54, 1.807) is 32.5 Å². The molecule has 2 aromatic rings. The molecule has 1 amide bonds. The number of hydrogen-bond acceptors (Lipinski definition) is 5. The number of fused-ring (bicyclic) bond motifs is 1. The molecule has 0 saturated heterocycles. The van der Waals surface area contributed by atoms with E-state index in [2.05, 4.69) is 5.10 Å². The number of benzene rings is 1. The summed E-state index contributed by atoms with van der Waals surface area (Å²) in [5.74, 6) is 0. The maximum atomic E-state index is 12.1. The number of hydrogen-bond donors (Lipinski definition) is 2. The van der Waals surface area contributed by atoms with Gasteiger partial charge < -0.3 is 19.8 Å². The Balaban J connectivity index is 2.22. The number of aliphatic hydroxyl groups excluding tert-OH is 2. The van der Waals surface area contributed by atoms with Crippen LogP contribution in [0.25, 0.3) is 10.9 Å². The fourth-order valence-corrected chi connectivity index (χ4v) is 2.48. The van der Waals surface area contributed by atoms with Crippen molar-refractivity contribution in [3.8, 4) is 0 Å². The minimum absolute atomic E-state index is 0.0655. The molecule has 0 aliphatic heterocycles. The van der Waals surface area contributed by atoms with Gasteiger partial charge in [0.2, 0.25) is 0 Å². The van der Waals surface area contributed by atoms with E-state index in [9.17, 15) is 15.0 Å². The molecule has 0 radical (unpaired) electrons. The van der Waals surface area contributed by atoms with Crippen LogP contribution in [-0.2, 0) is 11.3 Å². The Morgan fingerprint density at radius 3 is 2.67 bits per heavy atom. The lowest BCUT2D eigenvalue weighted by atomic mass is 10.1. The fraction of sp³-hybridized carbons (Fsp3) is 0.529. The number of carbonyl (C=O) groups excluding carboxylic acids is 1. The second-order valence-corrected chi connectivity index (χ2v) is 6.73. The van der Waals surface area contributed by atoms with Crippen LogP contribution in [0.5, 0.6) is 0 Å². The van der Waals surface area contributed by atoms with Crippen LogP contribution in [0.3, 0.4) is 0 Å². The summed E-state index contributed by atoms with van der Waals surface area (Å²) in [7, 11) is 1.58. The van der Waals surface area contributed by atoms with Gasteiger partial charge in [-0.3, -0.25) is 4.68 Å². The van der Waals surface area contributed by atoms with Gasteiger partial charge in [-0.2, -0.15) is 5.10 Å². The molecule has 7 heteroatoms. The SMILES string of the molecule is CN(C[C@@H](O)c1c2ccccc2nn1CCO)C(=O)OC(C)(C)C. The third kappa shape index (κ3) is 4.24. The number of amides is 1. The Hall–Kier alpha value is -2.12. The first-order valence-electron chi connectivity index (χ1n) is 7.91. The van der Waals surface area contributed by atoms with Crippen LogP contribution in [-0.4, -0.2) is 56.8 Å². The van der Waals surface area contributed by atoms with Crippen molar-refractivity contribution in [1.82, 2.24) is 14.7 Å². The van der Waals surface area contributed by atoms with E-state index in [1.807, 2.05) is 24.3 Å². The van der Waals surface area contributed by atoms with E-state index >= 15 is 0 Å². The van der Waals surface area contributed by atoms with Crippen molar-refractivity contribution < 1.29 is 19.7 Å². The van der Waals surface area contributed by atoms with Crippen LogP contribution in [0, 0.1) is 0 Å². The van der Waals surface area contributed by atoms with Gasteiger partial charge in [-0.15, -0.1) is 0 Å². The molecule has 7 nitrogen and oxygen atoms in total. The first kappa shape index (κ1) is 18.2. The van der Waals surface area contributed by atoms with Gasteiger partial charge in [-0.25, -0.2) is 4.79 Å². The average molecular weight is 335 g/mol. The van der Waals surface area contributed by atoms with E-state index in [0.29, 0.717) is 5.69 Å². The lowest BCUT2D eigenvalue weighted by Gasteiger charge is -2.26. The van der Waals surface area contributed by atoms with Gasteiger partial charge in [-0.1, -0.05) is 18.2 Å². The molecule has 24 heavy (non-hydrogen) atoms. The molecule has 1 aromatic heterocycles. The first-order chi connectivity index (χ1) is 11.2. The number of likely N-dealkylation sites (N-methyl/N-ethyl adjacent to an activating group) is 1. The Morgan fingerprint density at radius 1 is 1.38 bits per heavy atom. The maximum Gasteiger partial charge on any atom is 0.410 e. The molecule has 2 rings (SSSR count). The van der Waals surface area contributed by atoms with Crippen LogP contribution in [0.4, 0.5) is 4.79 Å². The molecule has 0 fully saturated rings. The molecule has 0 aliphatic rings. The molecular weight excluding hydrogens is 310 g/mol. The summed E-state index contributed by atoms with van der Waals surface area (Å²) in [4.78, 5) is 13.4.